The third-order valence-electron chi connectivity index (χ3n) is 5.01. The van der Waals surface area contributed by atoms with Crippen LogP contribution in [0.5, 0.6) is 17.2 Å². The fourth-order valence-electron chi connectivity index (χ4n) is 3.37. The van der Waals surface area contributed by atoms with Crippen molar-refractivity contribution in [2.45, 2.75) is 6.61 Å². The Morgan fingerprint density at radius 3 is 2.59 bits per heavy atom. The maximum Gasteiger partial charge on any atom is 0.275 e. The molecule has 0 unspecified atom stereocenters. The second-order valence-corrected chi connectivity index (χ2v) is 8.22. The van der Waals surface area contributed by atoms with E-state index in [9.17, 15) is 14.3 Å². The van der Waals surface area contributed by atoms with Crippen LogP contribution in [0.15, 0.2) is 82.4 Å². The molecule has 4 aromatic carbocycles. The molecule has 172 valence electrons. The number of phenols is 1. The van der Waals surface area contributed by atoms with Crippen molar-refractivity contribution >= 4 is 38.8 Å². The number of amides is 1. The molecule has 4 aromatic rings. The lowest BCUT2D eigenvalue weighted by atomic mass is 10.1. The number of hydrogen-bond acceptors (Lipinski definition) is 5. The van der Waals surface area contributed by atoms with E-state index in [1.54, 1.807) is 36.4 Å². The number of phenolic OH excluding ortho intramolecular Hbond substituents is 1. The van der Waals surface area contributed by atoms with Gasteiger partial charge in [-0.1, -0.05) is 36.4 Å². The highest BCUT2D eigenvalue weighted by molar-refractivity contribution is 9.10. The van der Waals surface area contributed by atoms with Crippen molar-refractivity contribution in [1.29, 1.82) is 0 Å². The van der Waals surface area contributed by atoms with Gasteiger partial charge in [-0.2, -0.15) is 5.10 Å². The lowest BCUT2D eigenvalue weighted by Gasteiger charge is -2.13. The van der Waals surface area contributed by atoms with Gasteiger partial charge in [0.25, 0.3) is 5.91 Å². The van der Waals surface area contributed by atoms with Gasteiger partial charge in [-0.05, 0) is 74.2 Å². The van der Waals surface area contributed by atoms with Crippen LogP contribution in [-0.4, -0.2) is 24.3 Å². The summed E-state index contributed by atoms with van der Waals surface area (Å²) < 4.78 is 25.2. The summed E-state index contributed by atoms with van der Waals surface area (Å²) in [5.74, 6) is -0.117. The minimum atomic E-state index is -0.541. The number of nitrogens with zero attached hydrogens (tertiary/aromatic N) is 1. The van der Waals surface area contributed by atoms with Crippen molar-refractivity contribution in [3.05, 3.63) is 99.8 Å². The third-order valence-corrected chi connectivity index (χ3v) is 5.60. The molecule has 0 aliphatic carbocycles. The number of methoxy groups -OCH3 is 1. The van der Waals surface area contributed by atoms with Crippen molar-refractivity contribution in [1.82, 2.24) is 5.43 Å². The van der Waals surface area contributed by atoms with Gasteiger partial charge in [0, 0.05) is 0 Å². The van der Waals surface area contributed by atoms with Crippen LogP contribution in [0.2, 0.25) is 0 Å². The van der Waals surface area contributed by atoms with Crippen molar-refractivity contribution in [3.63, 3.8) is 0 Å². The number of ether oxygens (including phenoxy) is 2. The van der Waals surface area contributed by atoms with Crippen LogP contribution >= 0.6 is 15.9 Å². The molecule has 0 aromatic heterocycles. The molecule has 0 aliphatic heterocycles. The van der Waals surface area contributed by atoms with Gasteiger partial charge in [-0.25, -0.2) is 9.82 Å². The van der Waals surface area contributed by atoms with E-state index < -0.39 is 5.91 Å². The molecule has 6 nitrogen and oxygen atoms in total. The molecule has 0 atom stereocenters. The molecule has 0 heterocycles. The lowest BCUT2D eigenvalue weighted by molar-refractivity contribution is 0.0952. The minimum Gasteiger partial charge on any atom is -0.507 e. The van der Waals surface area contributed by atoms with Crippen molar-refractivity contribution in [2.75, 3.05) is 7.11 Å². The number of carbonyl (C=O) groups excluding carboxylic acids is 1. The van der Waals surface area contributed by atoms with E-state index in [0.717, 1.165) is 10.8 Å². The van der Waals surface area contributed by atoms with Crippen LogP contribution in [-0.2, 0) is 6.61 Å². The molecular formula is C26H20BrFN2O4. The Hall–Kier alpha value is -3.91. The Kier molecular flexibility index (Phi) is 7.08. The first kappa shape index (κ1) is 23.3. The zero-order valence-corrected chi connectivity index (χ0v) is 19.7. The predicted molar refractivity (Wildman–Crippen MR) is 132 cm³/mol. The molecule has 2 N–H and O–H groups in total. The maximum absolute atomic E-state index is 13.4. The molecular weight excluding hydrogens is 503 g/mol. The van der Waals surface area contributed by atoms with E-state index in [1.165, 1.54) is 25.5 Å². The zero-order chi connectivity index (χ0) is 24.1. The number of nitrogens with one attached hydrogen (secondary N) is 1. The van der Waals surface area contributed by atoms with E-state index >= 15 is 0 Å². The number of aromatic hydroxyl groups is 1. The summed E-state index contributed by atoms with van der Waals surface area (Å²) >= 11 is 3.46. The molecule has 0 saturated heterocycles. The normalized spacial score (nSPS) is 11.0. The molecule has 0 fully saturated rings. The SMILES string of the molecule is COc1cc(C=NNC(=O)c2cc3ccccc3cc2O)cc(Br)c1OCc1cccc(F)c1. The molecule has 1 amide bonds. The molecule has 0 aliphatic rings. The Bertz CT molecular complexity index is 1390. The first-order valence-electron chi connectivity index (χ1n) is 10.2. The maximum atomic E-state index is 13.4. The second kappa shape index (κ2) is 10.4. The average molecular weight is 523 g/mol. The van der Waals surface area contributed by atoms with Gasteiger partial charge in [0.15, 0.2) is 11.5 Å². The standard InChI is InChI=1S/C26H20BrFN2O4/c1-33-24-11-17(10-22(27)25(24)34-15-16-5-4-8-20(28)9-16)14-29-30-26(32)21-12-18-6-2-3-7-19(18)13-23(21)31/h2-14,31H,15H2,1H3,(H,30,32). The Morgan fingerprint density at radius 1 is 1.09 bits per heavy atom. The van der Waals surface area contributed by atoms with Crippen molar-refractivity contribution in [2.24, 2.45) is 5.10 Å². The van der Waals surface area contributed by atoms with Crippen LogP contribution in [0.1, 0.15) is 21.5 Å². The highest BCUT2D eigenvalue weighted by Gasteiger charge is 2.13. The van der Waals surface area contributed by atoms with E-state index in [-0.39, 0.29) is 23.7 Å². The van der Waals surface area contributed by atoms with Gasteiger partial charge in [-0.3, -0.25) is 4.79 Å². The molecule has 0 bridgehead atoms. The zero-order valence-electron chi connectivity index (χ0n) is 18.1. The van der Waals surface area contributed by atoms with E-state index in [2.05, 4.69) is 26.5 Å². The number of fused-ring (bicyclic) bond motifs is 1. The number of carbonyl (C=O) groups is 1. The second-order valence-electron chi connectivity index (χ2n) is 7.37. The smallest absolute Gasteiger partial charge is 0.275 e. The van der Waals surface area contributed by atoms with Crippen LogP contribution in [0.4, 0.5) is 4.39 Å². The largest absolute Gasteiger partial charge is 0.507 e. The first-order valence-corrected chi connectivity index (χ1v) is 11.0. The van der Waals surface area contributed by atoms with E-state index in [1.807, 2.05) is 24.3 Å². The monoisotopic (exact) mass is 522 g/mol. The number of benzene rings is 4. The van der Waals surface area contributed by atoms with Crippen molar-refractivity contribution < 1.29 is 23.8 Å². The summed E-state index contributed by atoms with van der Waals surface area (Å²) in [5, 5.41) is 15.9. The Labute approximate surface area is 203 Å². The topological polar surface area (TPSA) is 80.2 Å². The van der Waals surface area contributed by atoms with Crippen LogP contribution < -0.4 is 14.9 Å². The number of hydrogen-bond donors (Lipinski definition) is 2. The summed E-state index contributed by atoms with van der Waals surface area (Å²) in [6.45, 7) is 0.158. The fourth-order valence-corrected chi connectivity index (χ4v) is 3.95. The van der Waals surface area contributed by atoms with Gasteiger partial charge in [0.2, 0.25) is 0 Å². The lowest BCUT2D eigenvalue weighted by Crippen LogP contribution is -2.17. The highest BCUT2D eigenvalue weighted by Crippen LogP contribution is 2.37. The first-order chi connectivity index (χ1) is 16.4. The van der Waals surface area contributed by atoms with Crippen molar-refractivity contribution in [3.8, 4) is 17.2 Å². The Morgan fingerprint density at radius 2 is 1.85 bits per heavy atom. The van der Waals surface area contributed by atoms with Crippen LogP contribution in [0.3, 0.4) is 0 Å². The van der Waals surface area contributed by atoms with E-state index in [4.69, 9.17) is 9.47 Å². The van der Waals surface area contributed by atoms with Gasteiger partial charge in [0.05, 0.1) is 23.4 Å². The highest BCUT2D eigenvalue weighted by atomic mass is 79.9. The fraction of sp³-hybridized carbons (Fsp3) is 0.0769. The average Bonchev–Trinajstić information content (AvgIpc) is 2.82. The summed E-state index contributed by atoms with van der Waals surface area (Å²) in [6, 6.07) is 20.2. The molecule has 8 heteroatoms. The number of hydrazone groups is 1. The summed E-state index contributed by atoms with van der Waals surface area (Å²) in [4.78, 5) is 12.5. The minimum absolute atomic E-state index is 0.121. The van der Waals surface area contributed by atoms with Gasteiger partial charge < -0.3 is 14.6 Å². The summed E-state index contributed by atoms with van der Waals surface area (Å²) in [7, 11) is 1.50. The molecule has 34 heavy (non-hydrogen) atoms. The summed E-state index contributed by atoms with van der Waals surface area (Å²) in [5.41, 5.74) is 3.85. The third kappa shape index (κ3) is 5.35. The molecule has 0 spiro atoms. The van der Waals surface area contributed by atoms with Crippen LogP contribution in [0.25, 0.3) is 10.8 Å². The molecule has 0 radical (unpaired) electrons. The molecule has 4 rings (SSSR count). The number of rotatable bonds is 7. The van der Waals surface area contributed by atoms with Crippen LogP contribution in [0, 0.1) is 5.82 Å². The predicted octanol–water partition coefficient (Wildman–Crippen LogP) is 5.80. The van der Waals surface area contributed by atoms with Gasteiger partial charge >= 0.3 is 0 Å². The number of halogens is 2. The van der Waals surface area contributed by atoms with Gasteiger partial charge in [0.1, 0.15) is 18.2 Å². The Balaban J connectivity index is 1.47. The summed E-state index contributed by atoms with van der Waals surface area (Å²) in [6.07, 6.45) is 1.44. The van der Waals surface area contributed by atoms with Gasteiger partial charge in [-0.15, -0.1) is 0 Å². The quantitative estimate of drug-likeness (QED) is 0.237. The van der Waals surface area contributed by atoms with E-state index in [0.29, 0.717) is 27.1 Å². The molecule has 0 saturated carbocycles.